The van der Waals surface area contributed by atoms with Crippen molar-refractivity contribution in [3.63, 3.8) is 0 Å². The van der Waals surface area contributed by atoms with Crippen LogP contribution in [0.25, 0.3) is 0 Å². The molecule has 0 bridgehead atoms. The first-order chi connectivity index (χ1) is 6.81. The molecule has 0 spiro atoms. The molecule has 1 fully saturated rings. The van der Waals surface area contributed by atoms with Gasteiger partial charge in [0.05, 0.1) is 0 Å². The van der Waals surface area contributed by atoms with Crippen LogP contribution in [-0.2, 0) is 0 Å². The van der Waals surface area contributed by atoms with Crippen LogP contribution in [0.4, 0.5) is 0 Å². The number of nitrogens with two attached hydrogens (primary N) is 1. The molecule has 0 amide bonds. The minimum absolute atomic E-state index is 0.576. The van der Waals surface area contributed by atoms with Gasteiger partial charge in [-0.1, -0.05) is 6.07 Å². The number of hydrogen-bond donors (Lipinski definition) is 1. The summed E-state index contributed by atoms with van der Waals surface area (Å²) in [7, 11) is 0. The van der Waals surface area contributed by atoms with Crippen LogP contribution >= 0.6 is 11.3 Å². The van der Waals surface area contributed by atoms with Gasteiger partial charge in [0.2, 0.25) is 0 Å². The molecule has 2 heterocycles. The molecule has 1 aliphatic heterocycles. The van der Waals surface area contributed by atoms with Crippen molar-refractivity contribution >= 4 is 11.3 Å². The van der Waals surface area contributed by atoms with E-state index in [1.54, 1.807) is 0 Å². The zero-order valence-electron chi connectivity index (χ0n) is 8.65. The summed E-state index contributed by atoms with van der Waals surface area (Å²) in [6.07, 6.45) is 1.27. The van der Waals surface area contributed by atoms with Crippen LogP contribution < -0.4 is 5.73 Å². The van der Waals surface area contributed by atoms with Crippen LogP contribution in [0, 0.1) is 5.92 Å². The van der Waals surface area contributed by atoms with Crippen molar-refractivity contribution in [1.82, 2.24) is 4.90 Å². The Hall–Kier alpha value is -0.380. The second kappa shape index (κ2) is 4.43. The van der Waals surface area contributed by atoms with E-state index in [-0.39, 0.29) is 0 Å². The Bertz CT molecular complexity index is 271. The third-order valence-corrected chi connectivity index (χ3v) is 4.20. The van der Waals surface area contributed by atoms with Gasteiger partial charge < -0.3 is 5.73 Å². The summed E-state index contributed by atoms with van der Waals surface area (Å²) in [6.45, 7) is 5.52. The summed E-state index contributed by atoms with van der Waals surface area (Å²) < 4.78 is 0. The smallest absolute Gasteiger partial charge is 0.0413 e. The lowest BCUT2D eigenvalue weighted by Crippen LogP contribution is -2.25. The molecule has 3 heteroatoms. The molecule has 2 atom stereocenters. The fourth-order valence-corrected chi connectivity index (χ4v) is 2.93. The van der Waals surface area contributed by atoms with E-state index in [0.29, 0.717) is 6.04 Å². The SMILES string of the molecule is C[C@H](c1cccs1)N1CC[C@@H](CN)C1. The Morgan fingerprint density at radius 3 is 3.14 bits per heavy atom. The molecule has 0 aliphatic carbocycles. The third-order valence-electron chi connectivity index (χ3n) is 3.15. The van der Waals surface area contributed by atoms with Crippen LogP contribution in [0.5, 0.6) is 0 Å². The van der Waals surface area contributed by atoms with Gasteiger partial charge in [-0.25, -0.2) is 0 Å². The van der Waals surface area contributed by atoms with Crippen LogP contribution in [0.3, 0.4) is 0 Å². The predicted molar refractivity (Wildman–Crippen MR) is 61.5 cm³/mol. The second-order valence-corrected chi connectivity index (χ2v) is 5.06. The highest BCUT2D eigenvalue weighted by atomic mass is 32.1. The van der Waals surface area contributed by atoms with Gasteiger partial charge in [0.1, 0.15) is 0 Å². The summed E-state index contributed by atoms with van der Waals surface area (Å²) in [6, 6.07) is 4.93. The Balaban J connectivity index is 1.97. The maximum absolute atomic E-state index is 5.69. The molecular weight excluding hydrogens is 192 g/mol. The fraction of sp³-hybridized carbons (Fsp3) is 0.636. The Kier molecular flexibility index (Phi) is 3.21. The van der Waals surface area contributed by atoms with E-state index in [0.717, 1.165) is 12.5 Å². The summed E-state index contributed by atoms with van der Waals surface area (Å²) in [5.41, 5.74) is 5.69. The fourth-order valence-electron chi connectivity index (χ4n) is 2.12. The molecule has 0 radical (unpaired) electrons. The minimum atomic E-state index is 0.576. The summed E-state index contributed by atoms with van der Waals surface area (Å²) >= 11 is 1.85. The van der Waals surface area contributed by atoms with E-state index in [1.807, 2.05) is 11.3 Å². The number of thiophene rings is 1. The predicted octanol–water partition coefficient (Wildman–Crippen LogP) is 2.09. The topological polar surface area (TPSA) is 29.3 Å². The van der Waals surface area contributed by atoms with Crippen molar-refractivity contribution in [2.45, 2.75) is 19.4 Å². The summed E-state index contributed by atoms with van der Waals surface area (Å²) in [4.78, 5) is 4.02. The molecule has 0 aromatic carbocycles. The van der Waals surface area contributed by atoms with Gasteiger partial charge in [-0.3, -0.25) is 4.90 Å². The van der Waals surface area contributed by atoms with E-state index in [2.05, 4.69) is 29.3 Å². The second-order valence-electron chi connectivity index (χ2n) is 4.08. The van der Waals surface area contributed by atoms with Crippen molar-refractivity contribution in [1.29, 1.82) is 0 Å². The number of rotatable bonds is 3. The van der Waals surface area contributed by atoms with Crippen molar-refractivity contribution in [2.24, 2.45) is 11.7 Å². The zero-order valence-corrected chi connectivity index (χ0v) is 9.46. The van der Waals surface area contributed by atoms with Crippen molar-refractivity contribution in [3.8, 4) is 0 Å². The van der Waals surface area contributed by atoms with Gasteiger partial charge in [-0.15, -0.1) is 11.3 Å². The minimum Gasteiger partial charge on any atom is -0.330 e. The van der Waals surface area contributed by atoms with Crippen LogP contribution in [0.2, 0.25) is 0 Å². The average Bonchev–Trinajstić information content (AvgIpc) is 2.88. The lowest BCUT2D eigenvalue weighted by Gasteiger charge is -2.23. The first-order valence-corrected chi connectivity index (χ1v) is 6.16. The van der Waals surface area contributed by atoms with Gasteiger partial charge >= 0.3 is 0 Å². The molecule has 78 valence electrons. The molecule has 2 N–H and O–H groups in total. The first-order valence-electron chi connectivity index (χ1n) is 5.28. The molecule has 1 aliphatic rings. The lowest BCUT2D eigenvalue weighted by molar-refractivity contribution is 0.257. The molecule has 14 heavy (non-hydrogen) atoms. The Labute approximate surface area is 89.7 Å². The first kappa shape index (κ1) is 10.1. The standard InChI is InChI=1S/C11H18N2S/c1-9(11-3-2-6-14-11)13-5-4-10(7-12)8-13/h2-3,6,9-10H,4-5,7-8,12H2,1H3/t9-,10+/m1/s1. The quantitative estimate of drug-likeness (QED) is 0.827. The van der Waals surface area contributed by atoms with Crippen molar-refractivity contribution < 1.29 is 0 Å². The largest absolute Gasteiger partial charge is 0.330 e. The maximum Gasteiger partial charge on any atom is 0.0413 e. The zero-order chi connectivity index (χ0) is 9.97. The number of nitrogens with zero attached hydrogens (tertiary/aromatic N) is 1. The van der Waals surface area contributed by atoms with Gasteiger partial charge in [-0.2, -0.15) is 0 Å². The van der Waals surface area contributed by atoms with Gasteiger partial charge in [-0.05, 0) is 43.8 Å². The van der Waals surface area contributed by atoms with Crippen LogP contribution in [0.15, 0.2) is 17.5 Å². The monoisotopic (exact) mass is 210 g/mol. The summed E-state index contributed by atoms with van der Waals surface area (Å²) in [5.74, 6) is 0.720. The Morgan fingerprint density at radius 2 is 2.57 bits per heavy atom. The van der Waals surface area contributed by atoms with E-state index < -0.39 is 0 Å². The maximum atomic E-state index is 5.69. The highest BCUT2D eigenvalue weighted by Crippen LogP contribution is 2.29. The van der Waals surface area contributed by atoms with Crippen molar-refractivity contribution in [3.05, 3.63) is 22.4 Å². The van der Waals surface area contributed by atoms with E-state index in [1.165, 1.54) is 24.4 Å². The molecule has 2 rings (SSSR count). The van der Waals surface area contributed by atoms with Crippen LogP contribution in [-0.4, -0.2) is 24.5 Å². The molecule has 0 unspecified atom stereocenters. The molecule has 1 saturated heterocycles. The molecule has 1 aromatic heterocycles. The molecule has 0 saturated carbocycles. The highest BCUT2D eigenvalue weighted by Gasteiger charge is 2.25. The molecule has 1 aromatic rings. The average molecular weight is 210 g/mol. The molecule has 2 nitrogen and oxygen atoms in total. The highest BCUT2D eigenvalue weighted by molar-refractivity contribution is 7.10. The molecular formula is C11H18N2S. The summed E-state index contributed by atoms with van der Waals surface area (Å²) in [5, 5.41) is 2.16. The Morgan fingerprint density at radius 1 is 1.71 bits per heavy atom. The van der Waals surface area contributed by atoms with Gasteiger partial charge in [0.25, 0.3) is 0 Å². The lowest BCUT2D eigenvalue weighted by atomic mass is 10.1. The normalized spacial score (nSPS) is 25.4. The van der Waals surface area contributed by atoms with Gasteiger partial charge in [0.15, 0.2) is 0 Å². The van der Waals surface area contributed by atoms with Crippen LogP contribution in [0.1, 0.15) is 24.3 Å². The van der Waals surface area contributed by atoms with Gasteiger partial charge in [0, 0.05) is 17.5 Å². The third kappa shape index (κ3) is 2.00. The number of likely N-dealkylation sites (tertiary alicyclic amines) is 1. The van der Waals surface area contributed by atoms with E-state index in [9.17, 15) is 0 Å². The van der Waals surface area contributed by atoms with Crippen molar-refractivity contribution in [2.75, 3.05) is 19.6 Å². The number of hydrogen-bond acceptors (Lipinski definition) is 3. The van der Waals surface area contributed by atoms with E-state index in [4.69, 9.17) is 5.73 Å². The van der Waals surface area contributed by atoms with E-state index >= 15 is 0 Å².